The Hall–Kier alpha value is -3.72. The zero-order valence-corrected chi connectivity index (χ0v) is 19.0. The van der Waals surface area contributed by atoms with Gasteiger partial charge in [-0.25, -0.2) is 0 Å². The summed E-state index contributed by atoms with van der Waals surface area (Å²) in [5, 5.41) is 21.3. The summed E-state index contributed by atoms with van der Waals surface area (Å²) in [6.45, 7) is 2.40. The molecule has 0 aromatic heterocycles. The number of phenols is 1. The van der Waals surface area contributed by atoms with E-state index in [-0.39, 0.29) is 41.5 Å². The lowest BCUT2D eigenvalue weighted by molar-refractivity contribution is -0.140. The number of hydrogen-bond donors (Lipinski definition) is 2. The third-order valence-corrected chi connectivity index (χ3v) is 5.33. The van der Waals surface area contributed by atoms with E-state index in [0.717, 1.165) is 0 Å². The van der Waals surface area contributed by atoms with E-state index >= 15 is 0 Å². The second kappa shape index (κ2) is 10.3. The number of hydrogen-bond acceptors (Lipinski definition) is 8. The average molecular weight is 457 g/mol. The van der Waals surface area contributed by atoms with Crippen LogP contribution in [0.2, 0.25) is 0 Å². The minimum absolute atomic E-state index is 0.0747. The molecule has 9 heteroatoms. The third kappa shape index (κ3) is 4.58. The molecule has 1 unspecified atom stereocenters. The van der Waals surface area contributed by atoms with Crippen LogP contribution in [0.4, 0.5) is 0 Å². The van der Waals surface area contributed by atoms with Crippen LogP contribution >= 0.6 is 0 Å². The van der Waals surface area contributed by atoms with Gasteiger partial charge >= 0.3 is 0 Å². The molecule has 1 atom stereocenters. The molecule has 0 radical (unpaired) electrons. The molecule has 1 amide bonds. The maximum Gasteiger partial charge on any atom is 0.295 e. The lowest BCUT2D eigenvalue weighted by Crippen LogP contribution is -2.32. The first-order valence-electron chi connectivity index (χ1n) is 10.3. The van der Waals surface area contributed by atoms with Gasteiger partial charge in [-0.15, -0.1) is 0 Å². The van der Waals surface area contributed by atoms with Crippen molar-refractivity contribution < 1.29 is 38.7 Å². The monoisotopic (exact) mass is 457 g/mol. The molecule has 2 aromatic carbocycles. The highest BCUT2D eigenvalue weighted by molar-refractivity contribution is 6.46. The quantitative estimate of drug-likeness (QED) is 0.336. The summed E-state index contributed by atoms with van der Waals surface area (Å²) in [6, 6.07) is 8.33. The van der Waals surface area contributed by atoms with Crippen molar-refractivity contribution in [1.82, 2.24) is 4.90 Å². The first-order valence-corrected chi connectivity index (χ1v) is 10.3. The van der Waals surface area contributed by atoms with E-state index in [1.54, 1.807) is 31.2 Å². The second-order valence-corrected chi connectivity index (χ2v) is 7.22. The lowest BCUT2D eigenvalue weighted by atomic mass is 9.95. The number of methoxy groups -OCH3 is 3. The van der Waals surface area contributed by atoms with Gasteiger partial charge in [-0.1, -0.05) is 6.07 Å². The van der Waals surface area contributed by atoms with Crippen LogP contribution in [0.25, 0.3) is 5.76 Å². The molecule has 1 aliphatic heterocycles. The van der Waals surface area contributed by atoms with Gasteiger partial charge in [-0.05, 0) is 42.8 Å². The minimum Gasteiger partial charge on any atom is -0.507 e. The van der Waals surface area contributed by atoms with Crippen LogP contribution in [-0.4, -0.2) is 67.9 Å². The number of likely N-dealkylation sites (tertiary alicyclic amines) is 1. The highest BCUT2D eigenvalue weighted by atomic mass is 16.5. The van der Waals surface area contributed by atoms with Crippen molar-refractivity contribution in [3.05, 3.63) is 53.1 Å². The smallest absolute Gasteiger partial charge is 0.295 e. The van der Waals surface area contributed by atoms with Crippen LogP contribution in [0.15, 0.2) is 42.0 Å². The third-order valence-electron chi connectivity index (χ3n) is 5.33. The van der Waals surface area contributed by atoms with E-state index in [1.807, 2.05) is 0 Å². The number of ether oxygens (including phenoxy) is 4. The Bertz CT molecular complexity index is 1080. The topological polar surface area (TPSA) is 115 Å². The highest BCUT2D eigenvalue weighted by Crippen LogP contribution is 2.42. The molecule has 3 rings (SSSR count). The van der Waals surface area contributed by atoms with Crippen LogP contribution in [0.1, 0.15) is 24.1 Å². The molecule has 0 bridgehead atoms. The van der Waals surface area contributed by atoms with Gasteiger partial charge in [0.05, 0.1) is 39.0 Å². The normalized spacial score (nSPS) is 17.3. The fraction of sp³-hybridized carbons (Fsp3) is 0.333. The molecule has 176 valence electrons. The van der Waals surface area contributed by atoms with E-state index in [1.165, 1.54) is 38.4 Å². The Morgan fingerprint density at radius 3 is 2.36 bits per heavy atom. The SMILES string of the molecule is CCOc1cc(C2/C(=C(/O)c3ccc(OC)c(OC)c3)C(=O)C(=O)N2CCOC)ccc1O. The number of aliphatic hydroxyl groups is 1. The summed E-state index contributed by atoms with van der Waals surface area (Å²) in [5.41, 5.74) is 0.691. The minimum atomic E-state index is -0.909. The summed E-state index contributed by atoms with van der Waals surface area (Å²) in [7, 11) is 4.43. The van der Waals surface area contributed by atoms with Crippen molar-refractivity contribution in [1.29, 1.82) is 0 Å². The van der Waals surface area contributed by atoms with Crippen LogP contribution in [0, 0.1) is 0 Å². The number of aliphatic hydroxyl groups excluding tert-OH is 1. The number of carbonyl (C=O) groups is 2. The zero-order valence-electron chi connectivity index (χ0n) is 19.0. The molecule has 0 aliphatic carbocycles. The molecule has 1 fully saturated rings. The van der Waals surface area contributed by atoms with Gasteiger partial charge in [-0.2, -0.15) is 0 Å². The number of aromatic hydroxyl groups is 1. The second-order valence-electron chi connectivity index (χ2n) is 7.22. The summed E-state index contributed by atoms with van der Waals surface area (Å²) in [4.78, 5) is 27.3. The van der Waals surface area contributed by atoms with Crippen molar-refractivity contribution in [2.75, 3.05) is 41.1 Å². The van der Waals surface area contributed by atoms with E-state index in [2.05, 4.69) is 0 Å². The Morgan fingerprint density at radius 1 is 1.00 bits per heavy atom. The van der Waals surface area contributed by atoms with E-state index in [0.29, 0.717) is 23.7 Å². The van der Waals surface area contributed by atoms with Crippen molar-refractivity contribution in [2.24, 2.45) is 0 Å². The van der Waals surface area contributed by atoms with Crippen molar-refractivity contribution in [2.45, 2.75) is 13.0 Å². The Labute approximate surface area is 191 Å². The Morgan fingerprint density at radius 2 is 1.73 bits per heavy atom. The molecule has 0 saturated carbocycles. The van der Waals surface area contributed by atoms with Crippen molar-refractivity contribution in [3.8, 4) is 23.0 Å². The van der Waals surface area contributed by atoms with Crippen LogP contribution in [0.3, 0.4) is 0 Å². The molecule has 2 N–H and O–H groups in total. The molecule has 0 spiro atoms. The van der Waals surface area contributed by atoms with Crippen molar-refractivity contribution >= 4 is 17.4 Å². The van der Waals surface area contributed by atoms with Gasteiger partial charge in [0, 0.05) is 19.2 Å². The lowest BCUT2D eigenvalue weighted by Gasteiger charge is -2.25. The number of amides is 1. The first-order chi connectivity index (χ1) is 15.9. The number of carbonyl (C=O) groups excluding carboxylic acids is 2. The standard InChI is InChI=1S/C24H27NO8/c1-5-33-18-12-14(6-8-16(18)26)21-20(23(28)24(29)25(21)10-11-30-2)22(27)15-7-9-17(31-3)19(13-15)32-4/h6-9,12-13,21,26-27H,5,10-11H2,1-4H3/b22-20-. The summed E-state index contributed by atoms with van der Waals surface area (Å²) >= 11 is 0. The van der Waals surface area contributed by atoms with Crippen LogP contribution in [0.5, 0.6) is 23.0 Å². The predicted molar refractivity (Wildman–Crippen MR) is 120 cm³/mol. The van der Waals surface area contributed by atoms with Crippen molar-refractivity contribution in [3.63, 3.8) is 0 Å². The predicted octanol–water partition coefficient (Wildman–Crippen LogP) is 2.88. The maximum absolute atomic E-state index is 13.0. The van der Waals surface area contributed by atoms with Crippen LogP contribution < -0.4 is 14.2 Å². The molecule has 2 aromatic rings. The van der Waals surface area contributed by atoms with E-state index in [9.17, 15) is 19.8 Å². The fourth-order valence-corrected chi connectivity index (χ4v) is 3.76. The summed E-state index contributed by atoms with van der Waals surface area (Å²) < 4.78 is 21.1. The van der Waals surface area contributed by atoms with E-state index in [4.69, 9.17) is 18.9 Å². The van der Waals surface area contributed by atoms with Crippen LogP contribution in [-0.2, 0) is 14.3 Å². The van der Waals surface area contributed by atoms with Gasteiger partial charge in [0.25, 0.3) is 11.7 Å². The maximum atomic E-state index is 13.0. The molecular weight excluding hydrogens is 430 g/mol. The Balaban J connectivity index is 2.20. The highest BCUT2D eigenvalue weighted by Gasteiger charge is 2.46. The number of benzene rings is 2. The zero-order chi connectivity index (χ0) is 24.1. The summed E-state index contributed by atoms with van der Waals surface area (Å²) in [6.07, 6.45) is 0. The van der Waals surface area contributed by atoms with Gasteiger partial charge in [0.1, 0.15) is 5.76 Å². The number of phenolic OH excluding ortho intramolecular Hbond substituents is 1. The molecule has 1 saturated heterocycles. The molecule has 33 heavy (non-hydrogen) atoms. The average Bonchev–Trinajstić information content (AvgIpc) is 3.08. The molecule has 1 heterocycles. The Kier molecular flexibility index (Phi) is 7.44. The fourth-order valence-electron chi connectivity index (χ4n) is 3.76. The first kappa shape index (κ1) is 23.9. The van der Waals surface area contributed by atoms with E-state index < -0.39 is 17.7 Å². The van der Waals surface area contributed by atoms with Gasteiger partial charge in [-0.3, -0.25) is 9.59 Å². The molecule has 1 aliphatic rings. The number of rotatable bonds is 9. The van der Waals surface area contributed by atoms with Gasteiger partial charge < -0.3 is 34.1 Å². The van der Waals surface area contributed by atoms with Gasteiger partial charge in [0.2, 0.25) is 0 Å². The summed E-state index contributed by atoms with van der Waals surface area (Å²) in [5.74, 6) is -1.00. The number of nitrogens with zero attached hydrogens (tertiary/aromatic N) is 1. The largest absolute Gasteiger partial charge is 0.507 e. The molecular formula is C24H27NO8. The number of Topliss-reactive ketones (excluding diaryl/α,β-unsaturated/α-hetero) is 1. The number of ketones is 1. The van der Waals surface area contributed by atoms with Gasteiger partial charge in [0.15, 0.2) is 23.0 Å². The molecule has 9 nitrogen and oxygen atoms in total.